The Morgan fingerprint density at radius 1 is 1.35 bits per heavy atom. The average molecular weight is 310 g/mol. The van der Waals surface area contributed by atoms with Gasteiger partial charge in [-0.05, 0) is 55.9 Å². The van der Waals surface area contributed by atoms with Gasteiger partial charge in [0, 0.05) is 24.0 Å². The molecule has 1 aromatic carbocycles. The Kier molecular flexibility index (Phi) is 4.91. The van der Waals surface area contributed by atoms with Crippen molar-refractivity contribution in [2.75, 3.05) is 13.2 Å². The van der Waals surface area contributed by atoms with Crippen LogP contribution in [-0.4, -0.2) is 24.0 Å². The predicted octanol–water partition coefficient (Wildman–Crippen LogP) is 3.02. The van der Waals surface area contributed by atoms with Gasteiger partial charge in [0.25, 0.3) is 5.91 Å². The Balaban J connectivity index is 1.72. The van der Waals surface area contributed by atoms with Crippen molar-refractivity contribution in [3.63, 3.8) is 0 Å². The minimum absolute atomic E-state index is 0.0364. The maximum Gasteiger partial charge on any atom is 0.251 e. The van der Waals surface area contributed by atoms with Crippen LogP contribution in [0.15, 0.2) is 42.6 Å². The van der Waals surface area contributed by atoms with Crippen LogP contribution in [0.1, 0.15) is 35.0 Å². The predicted molar refractivity (Wildman–Crippen MR) is 89.7 cm³/mol. The van der Waals surface area contributed by atoms with E-state index in [0.29, 0.717) is 18.0 Å². The third-order valence-electron chi connectivity index (χ3n) is 4.18. The van der Waals surface area contributed by atoms with Gasteiger partial charge in [-0.2, -0.15) is 0 Å². The lowest BCUT2D eigenvalue weighted by Gasteiger charge is -2.13. The molecule has 4 heteroatoms. The molecule has 1 amide bonds. The number of ether oxygens (including phenoxy) is 1. The first-order chi connectivity index (χ1) is 11.3. The van der Waals surface area contributed by atoms with Crippen molar-refractivity contribution in [2.45, 2.75) is 26.2 Å². The molecule has 0 bridgehead atoms. The summed E-state index contributed by atoms with van der Waals surface area (Å²) in [7, 11) is 0. The molecule has 1 aliphatic rings. The maximum atomic E-state index is 11.9. The van der Waals surface area contributed by atoms with Crippen LogP contribution in [0.25, 0.3) is 0 Å². The fraction of sp³-hybridized carbons (Fsp3) is 0.368. The average Bonchev–Trinajstić information content (AvgIpc) is 2.77. The minimum atomic E-state index is -0.0364. The quantitative estimate of drug-likeness (QED) is 0.944. The van der Waals surface area contributed by atoms with Gasteiger partial charge >= 0.3 is 0 Å². The lowest BCUT2D eigenvalue weighted by Crippen LogP contribution is -2.23. The number of pyridine rings is 1. The van der Waals surface area contributed by atoms with E-state index in [2.05, 4.69) is 22.4 Å². The number of carbonyl (C=O) groups is 1. The number of benzene rings is 1. The van der Waals surface area contributed by atoms with Crippen molar-refractivity contribution in [1.82, 2.24) is 10.3 Å². The van der Waals surface area contributed by atoms with E-state index in [4.69, 9.17) is 4.74 Å². The van der Waals surface area contributed by atoms with Gasteiger partial charge < -0.3 is 10.1 Å². The topological polar surface area (TPSA) is 51.2 Å². The summed E-state index contributed by atoms with van der Waals surface area (Å²) in [4.78, 5) is 16.4. The van der Waals surface area contributed by atoms with Crippen LogP contribution in [0.4, 0.5) is 0 Å². The molecule has 0 aliphatic carbocycles. The van der Waals surface area contributed by atoms with E-state index in [9.17, 15) is 4.79 Å². The summed E-state index contributed by atoms with van der Waals surface area (Å²) < 4.78 is 5.83. The van der Waals surface area contributed by atoms with E-state index in [1.807, 2.05) is 25.1 Å². The summed E-state index contributed by atoms with van der Waals surface area (Å²) in [6, 6.07) is 11.9. The number of fused-ring (bicyclic) bond motifs is 1. The van der Waals surface area contributed by atoms with Crippen molar-refractivity contribution in [3.8, 4) is 5.75 Å². The highest BCUT2D eigenvalue weighted by molar-refractivity contribution is 5.94. The van der Waals surface area contributed by atoms with Crippen LogP contribution in [0, 0.1) is 5.92 Å². The van der Waals surface area contributed by atoms with Crippen LogP contribution >= 0.6 is 0 Å². The molecule has 2 aromatic rings. The van der Waals surface area contributed by atoms with E-state index in [1.54, 1.807) is 12.3 Å². The molecule has 23 heavy (non-hydrogen) atoms. The minimum Gasteiger partial charge on any atom is -0.493 e. The van der Waals surface area contributed by atoms with Crippen LogP contribution in [0.2, 0.25) is 0 Å². The summed E-state index contributed by atoms with van der Waals surface area (Å²) in [5.41, 5.74) is 2.91. The van der Waals surface area contributed by atoms with E-state index in [0.717, 1.165) is 37.3 Å². The Morgan fingerprint density at radius 3 is 3.09 bits per heavy atom. The van der Waals surface area contributed by atoms with Crippen molar-refractivity contribution in [2.24, 2.45) is 5.92 Å². The molecule has 0 radical (unpaired) electrons. The number of hydrogen-bond donors (Lipinski definition) is 1. The van der Waals surface area contributed by atoms with Crippen molar-refractivity contribution in [3.05, 3.63) is 59.4 Å². The summed E-state index contributed by atoms with van der Waals surface area (Å²) in [5.74, 6) is 1.44. The van der Waals surface area contributed by atoms with Gasteiger partial charge in [-0.15, -0.1) is 0 Å². The Morgan fingerprint density at radius 2 is 2.22 bits per heavy atom. The highest BCUT2D eigenvalue weighted by atomic mass is 16.5. The van der Waals surface area contributed by atoms with Crippen LogP contribution < -0.4 is 10.1 Å². The summed E-state index contributed by atoms with van der Waals surface area (Å²) in [6.07, 6.45) is 4.58. The lowest BCUT2D eigenvalue weighted by molar-refractivity contribution is 0.0955. The van der Waals surface area contributed by atoms with Gasteiger partial charge in [-0.3, -0.25) is 9.78 Å². The lowest BCUT2D eigenvalue weighted by atomic mass is 9.92. The van der Waals surface area contributed by atoms with E-state index in [-0.39, 0.29) is 5.91 Å². The molecule has 0 saturated heterocycles. The number of aromatic nitrogens is 1. The van der Waals surface area contributed by atoms with Gasteiger partial charge in [0.05, 0.1) is 6.61 Å². The highest BCUT2D eigenvalue weighted by Crippen LogP contribution is 2.28. The van der Waals surface area contributed by atoms with Crippen molar-refractivity contribution >= 4 is 5.91 Å². The van der Waals surface area contributed by atoms with Gasteiger partial charge in [0.1, 0.15) is 5.75 Å². The standard InChI is InChI=1S/C19H22N2O2/c1-2-20-19(22)16-7-9-21-17(13-16)12-14-8-10-23-18-6-4-3-5-15(18)11-14/h3-7,9,13-14H,2,8,10-12H2,1H3,(H,20,22). The second-order valence-electron chi connectivity index (χ2n) is 5.91. The second kappa shape index (κ2) is 7.27. The molecule has 0 fully saturated rings. The molecule has 1 N–H and O–H groups in total. The van der Waals surface area contributed by atoms with Crippen LogP contribution in [0.3, 0.4) is 0 Å². The molecular weight excluding hydrogens is 288 g/mol. The molecule has 1 aliphatic heterocycles. The Labute approximate surface area is 136 Å². The number of para-hydroxylation sites is 1. The Hall–Kier alpha value is -2.36. The molecule has 4 nitrogen and oxygen atoms in total. The second-order valence-corrected chi connectivity index (χ2v) is 5.91. The zero-order chi connectivity index (χ0) is 16.1. The first-order valence-electron chi connectivity index (χ1n) is 8.20. The molecular formula is C19H22N2O2. The molecule has 1 atom stereocenters. The number of rotatable bonds is 4. The first-order valence-corrected chi connectivity index (χ1v) is 8.20. The van der Waals surface area contributed by atoms with Crippen LogP contribution in [0.5, 0.6) is 5.75 Å². The highest BCUT2D eigenvalue weighted by Gasteiger charge is 2.18. The summed E-state index contributed by atoms with van der Waals surface area (Å²) in [5, 5.41) is 2.83. The molecule has 3 rings (SSSR count). The molecule has 120 valence electrons. The maximum absolute atomic E-state index is 11.9. The monoisotopic (exact) mass is 310 g/mol. The van der Waals surface area contributed by atoms with Crippen LogP contribution in [-0.2, 0) is 12.8 Å². The van der Waals surface area contributed by atoms with Gasteiger partial charge in [-0.25, -0.2) is 0 Å². The Bertz CT molecular complexity index is 685. The smallest absolute Gasteiger partial charge is 0.251 e. The van der Waals surface area contributed by atoms with Gasteiger partial charge in [0.2, 0.25) is 0 Å². The first kappa shape index (κ1) is 15.5. The molecule has 0 saturated carbocycles. The third kappa shape index (κ3) is 3.89. The molecule has 1 aromatic heterocycles. The van der Waals surface area contributed by atoms with E-state index >= 15 is 0 Å². The molecule has 0 spiro atoms. The molecule has 1 unspecified atom stereocenters. The van der Waals surface area contributed by atoms with E-state index in [1.165, 1.54) is 5.56 Å². The number of hydrogen-bond acceptors (Lipinski definition) is 3. The zero-order valence-electron chi connectivity index (χ0n) is 13.4. The zero-order valence-corrected chi connectivity index (χ0v) is 13.4. The number of amides is 1. The number of nitrogens with one attached hydrogen (secondary N) is 1. The fourth-order valence-corrected chi connectivity index (χ4v) is 3.03. The number of carbonyl (C=O) groups excluding carboxylic acids is 1. The van der Waals surface area contributed by atoms with Gasteiger partial charge in [-0.1, -0.05) is 18.2 Å². The molecule has 2 heterocycles. The summed E-state index contributed by atoms with van der Waals surface area (Å²) >= 11 is 0. The van der Waals surface area contributed by atoms with Gasteiger partial charge in [0.15, 0.2) is 0 Å². The fourth-order valence-electron chi connectivity index (χ4n) is 3.03. The SMILES string of the molecule is CCNC(=O)c1ccnc(CC2CCOc3ccccc3C2)c1. The summed E-state index contributed by atoms with van der Waals surface area (Å²) in [6.45, 7) is 3.29. The van der Waals surface area contributed by atoms with Crippen molar-refractivity contribution < 1.29 is 9.53 Å². The largest absolute Gasteiger partial charge is 0.493 e. The number of nitrogens with zero attached hydrogens (tertiary/aromatic N) is 1. The normalized spacial score (nSPS) is 16.8. The van der Waals surface area contributed by atoms with E-state index < -0.39 is 0 Å². The third-order valence-corrected chi connectivity index (χ3v) is 4.18. The van der Waals surface area contributed by atoms with Crippen molar-refractivity contribution in [1.29, 1.82) is 0 Å².